The zero-order valence-electron chi connectivity index (χ0n) is 15.6. The molecule has 0 aliphatic carbocycles. The van der Waals surface area contributed by atoms with E-state index in [1.54, 1.807) is 0 Å². The lowest BCUT2D eigenvalue weighted by molar-refractivity contribution is 0.114. The number of rotatable bonds is 5. The number of halogens is 1. The zero-order valence-corrected chi connectivity index (χ0v) is 16.4. The first-order valence-corrected chi connectivity index (χ1v) is 9.53. The lowest BCUT2D eigenvalue weighted by Crippen LogP contribution is -2.45. The van der Waals surface area contributed by atoms with Gasteiger partial charge in [-0.05, 0) is 37.6 Å². The van der Waals surface area contributed by atoms with Crippen LogP contribution < -0.4 is 0 Å². The first kappa shape index (κ1) is 18.2. The van der Waals surface area contributed by atoms with E-state index in [1.807, 2.05) is 32.0 Å². The van der Waals surface area contributed by atoms with E-state index in [4.69, 9.17) is 20.4 Å². The maximum Gasteiger partial charge on any atom is 0.251 e. The Morgan fingerprint density at radius 2 is 1.59 bits per heavy atom. The maximum absolute atomic E-state index is 5.96. The minimum absolute atomic E-state index is 0.528. The molecule has 0 amide bonds. The summed E-state index contributed by atoms with van der Waals surface area (Å²) in [4.78, 5) is 4.81. The smallest absolute Gasteiger partial charge is 0.251 e. The van der Waals surface area contributed by atoms with Gasteiger partial charge in [0.1, 0.15) is 11.5 Å². The molecule has 4 rings (SSSR count). The third-order valence-corrected chi connectivity index (χ3v) is 5.13. The molecule has 27 heavy (non-hydrogen) atoms. The number of piperazine rings is 1. The van der Waals surface area contributed by atoms with Crippen molar-refractivity contribution in [2.24, 2.45) is 0 Å². The number of furan rings is 1. The van der Waals surface area contributed by atoms with Gasteiger partial charge in [-0.15, -0.1) is 10.2 Å². The Morgan fingerprint density at radius 1 is 0.926 bits per heavy atom. The highest BCUT2D eigenvalue weighted by molar-refractivity contribution is 6.30. The molecule has 2 aromatic heterocycles. The van der Waals surface area contributed by atoms with Crippen molar-refractivity contribution in [2.75, 3.05) is 26.2 Å². The maximum atomic E-state index is 5.96. The summed E-state index contributed by atoms with van der Waals surface area (Å²) < 4.78 is 11.4. The molecule has 0 saturated carbocycles. The lowest BCUT2D eigenvalue weighted by Gasteiger charge is -2.33. The van der Waals surface area contributed by atoms with Crippen molar-refractivity contribution in [3.05, 3.63) is 58.3 Å². The van der Waals surface area contributed by atoms with E-state index in [1.165, 1.54) is 5.56 Å². The molecular weight excluding hydrogens is 364 g/mol. The average molecular weight is 387 g/mol. The fourth-order valence-corrected chi connectivity index (χ4v) is 3.54. The molecule has 1 saturated heterocycles. The number of aromatic nitrogens is 2. The van der Waals surface area contributed by atoms with E-state index in [2.05, 4.69) is 32.1 Å². The predicted molar refractivity (Wildman–Crippen MR) is 103 cm³/mol. The van der Waals surface area contributed by atoms with E-state index in [-0.39, 0.29) is 0 Å². The molecule has 0 bridgehead atoms. The van der Waals surface area contributed by atoms with Crippen LogP contribution in [-0.4, -0.2) is 46.2 Å². The minimum Gasteiger partial charge on any atom is -0.466 e. The summed E-state index contributed by atoms with van der Waals surface area (Å²) in [6.07, 6.45) is 0. The van der Waals surface area contributed by atoms with Gasteiger partial charge in [0, 0.05) is 37.7 Å². The quantitative estimate of drug-likeness (QED) is 0.662. The van der Waals surface area contributed by atoms with Crippen molar-refractivity contribution in [2.45, 2.75) is 26.9 Å². The van der Waals surface area contributed by atoms with Gasteiger partial charge in [-0.1, -0.05) is 23.7 Å². The molecule has 1 aliphatic heterocycles. The Labute approximate surface area is 163 Å². The minimum atomic E-state index is 0.528. The van der Waals surface area contributed by atoms with E-state index in [9.17, 15) is 0 Å². The Hall–Kier alpha value is -2.15. The standard InChI is InChI=1S/C20H23ClN4O2/c1-14-11-18(15(2)26-14)20-23-22-19(27-20)13-25-9-7-24(8-10-25)12-16-3-5-17(21)6-4-16/h3-6,11H,7-10,12-13H2,1-2H3. The topological polar surface area (TPSA) is 58.5 Å². The van der Waals surface area contributed by atoms with Gasteiger partial charge < -0.3 is 8.83 Å². The predicted octanol–water partition coefficient (Wildman–Crippen LogP) is 3.92. The molecule has 0 spiro atoms. The van der Waals surface area contributed by atoms with Gasteiger partial charge in [-0.25, -0.2) is 0 Å². The molecule has 0 atom stereocenters. The lowest BCUT2D eigenvalue weighted by atomic mass is 10.2. The summed E-state index contributed by atoms with van der Waals surface area (Å²) in [6, 6.07) is 10.0. The number of hydrogen-bond acceptors (Lipinski definition) is 6. The summed E-state index contributed by atoms with van der Waals surface area (Å²) in [5, 5.41) is 9.17. The number of hydrogen-bond donors (Lipinski definition) is 0. The van der Waals surface area contributed by atoms with Crippen LogP contribution in [0.15, 0.2) is 39.2 Å². The first-order valence-electron chi connectivity index (χ1n) is 9.16. The molecule has 1 fully saturated rings. The summed E-state index contributed by atoms with van der Waals surface area (Å²) in [5.74, 6) is 2.83. The van der Waals surface area contributed by atoms with Gasteiger partial charge in [0.05, 0.1) is 12.1 Å². The van der Waals surface area contributed by atoms with Crippen LogP contribution in [-0.2, 0) is 13.1 Å². The van der Waals surface area contributed by atoms with Crippen molar-refractivity contribution in [1.82, 2.24) is 20.0 Å². The fourth-order valence-electron chi connectivity index (χ4n) is 3.41. The van der Waals surface area contributed by atoms with E-state index in [0.717, 1.165) is 54.8 Å². The molecule has 6 nitrogen and oxygen atoms in total. The highest BCUT2D eigenvalue weighted by Gasteiger charge is 2.20. The van der Waals surface area contributed by atoms with Crippen LogP contribution in [0.2, 0.25) is 5.02 Å². The van der Waals surface area contributed by atoms with Crippen LogP contribution in [0.1, 0.15) is 23.0 Å². The highest BCUT2D eigenvalue weighted by Crippen LogP contribution is 2.25. The normalized spacial score (nSPS) is 16.1. The van der Waals surface area contributed by atoms with Crippen LogP contribution in [0.3, 0.4) is 0 Å². The molecule has 1 aromatic carbocycles. The molecule has 3 aromatic rings. The Bertz CT molecular complexity index is 895. The van der Waals surface area contributed by atoms with Crippen molar-refractivity contribution in [3.63, 3.8) is 0 Å². The van der Waals surface area contributed by atoms with Crippen molar-refractivity contribution in [1.29, 1.82) is 0 Å². The average Bonchev–Trinajstić information content (AvgIpc) is 3.24. The molecular formula is C20H23ClN4O2. The van der Waals surface area contributed by atoms with Gasteiger partial charge in [0.2, 0.25) is 5.89 Å². The summed E-state index contributed by atoms with van der Waals surface area (Å²) >= 11 is 5.96. The Balaban J connectivity index is 1.30. The molecule has 142 valence electrons. The summed E-state index contributed by atoms with van der Waals surface area (Å²) in [6.45, 7) is 9.45. The van der Waals surface area contributed by atoms with Gasteiger partial charge in [0.25, 0.3) is 5.89 Å². The zero-order chi connectivity index (χ0) is 18.8. The molecule has 0 radical (unpaired) electrons. The number of nitrogens with zero attached hydrogens (tertiary/aromatic N) is 4. The molecule has 1 aliphatic rings. The summed E-state index contributed by atoms with van der Waals surface area (Å²) in [7, 11) is 0. The van der Waals surface area contributed by atoms with Crippen LogP contribution in [0.4, 0.5) is 0 Å². The van der Waals surface area contributed by atoms with Crippen LogP contribution >= 0.6 is 11.6 Å². The van der Waals surface area contributed by atoms with Gasteiger partial charge in [-0.2, -0.15) is 0 Å². The Kier molecular flexibility index (Phi) is 5.29. The van der Waals surface area contributed by atoms with Crippen molar-refractivity contribution in [3.8, 4) is 11.5 Å². The van der Waals surface area contributed by atoms with Gasteiger partial charge in [-0.3, -0.25) is 9.80 Å². The molecule has 7 heteroatoms. The van der Waals surface area contributed by atoms with Crippen LogP contribution in [0, 0.1) is 13.8 Å². The second-order valence-electron chi connectivity index (χ2n) is 7.01. The Morgan fingerprint density at radius 3 is 2.22 bits per heavy atom. The highest BCUT2D eigenvalue weighted by atomic mass is 35.5. The SMILES string of the molecule is Cc1cc(-c2nnc(CN3CCN(Cc4ccc(Cl)cc4)CC3)o2)c(C)o1. The van der Waals surface area contributed by atoms with E-state index >= 15 is 0 Å². The third-order valence-electron chi connectivity index (χ3n) is 4.88. The van der Waals surface area contributed by atoms with Crippen LogP contribution in [0.5, 0.6) is 0 Å². The van der Waals surface area contributed by atoms with Crippen molar-refractivity contribution < 1.29 is 8.83 Å². The van der Waals surface area contributed by atoms with Crippen LogP contribution in [0.25, 0.3) is 11.5 Å². The second-order valence-corrected chi connectivity index (χ2v) is 7.44. The third kappa shape index (κ3) is 4.40. The van der Waals surface area contributed by atoms with E-state index in [0.29, 0.717) is 18.3 Å². The van der Waals surface area contributed by atoms with E-state index < -0.39 is 0 Å². The molecule has 3 heterocycles. The second kappa shape index (κ2) is 7.84. The summed E-state index contributed by atoms with van der Waals surface area (Å²) in [5.41, 5.74) is 2.17. The van der Waals surface area contributed by atoms with Gasteiger partial charge in [0.15, 0.2) is 0 Å². The molecule has 0 N–H and O–H groups in total. The largest absolute Gasteiger partial charge is 0.466 e. The number of benzene rings is 1. The first-order chi connectivity index (χ1) is 13.1. The van der Waals surface area contributed by atoms with Crippen molar-refractivity contribution >= 4 is 11.6 Å². The molecule has 0 unspecified atom stereocenters. The number of aryl methyl sites for hydroxylation is 2. The fraction of sp³-hybridized carbons (Fsp3) is 0.400. The monoisotopic (exact) mass is 386 g/mol. The van der Waals surface area contributed by atoms with Gasteiger partial charge >= 0.3 is 0 Å².